The van der Waals surface area contributed by atoms with Crippen molar-refractivity contribution >= 4 is 31.4 Å². The van der Waals surface area contributed by atoms with Crippen molar-refractivity contribution in [3.63, 3.8) is 0 Å². The number of aromatic nitrogens is 4. The van der Waals surface area contributed by atoms with Crippen LogP contribution in [0.1, 0.15) is 55.1 Å². The Balaban J connectivity index is 1.59. The Hall–Kier alpha value is -3.06. The van der Waals surface area contributed by atoms with Gasteiger partial charge in [-0.1, -0.05) is 32.4 Å². The maximum atomic E-state index is 9.65. The predicted molar refractivity (Wildman–Crippen MR) is 149 cm³/mol. The summed E-state index contributed by atoms with van der Waals surface area (Å²) in [5.74, 6) is 1.51. The topological polar surface area (TPSA) is 99.9 Å². The van der Waals surface area contributed by atoms with Gasteiger partial charge in [0.15, 0.2) is 8.32 Å². The van der Waals surface area contributed by atoms with Crippen molar-refractivity contribution in [3.05, 3.63) is 70.2 Å². The van der Waals surface area contributed by atoms with Crippen molar-refractivity contribution in [1.29, 1.82) is 5.26 Å². The molecule has 2 aromatic heterocycles. The molecule has 3 heterocycles. The average molecular weight is 536 g/mol. The lowest BCUT2D eigenvalue weighted by molar-refractivity contribution is 0.195. The molecule has 0 spiro atoms. The van der Waals surface area contributed by atoms with E-state index in [0.29, 0.717) is 23.7 Å². The Kier molecular flexibility index (Phi) is 7.83. The molecule has 0 aliphatic carbocycles. The zero-order chi connectivity index (χ0) is 26.8. The maximum Gasteiger partial charge on any atom is 0.193 e. The summed E-state index contributed by atoms with van der Waals surface area (Å²) >= 11 is 6.13. The second-order valence-corrected chi connectivity index (χ2v) is 16.1. The first-order valence-corrected chi connectivity index (χ1v) is 15.7. The number of nitrogens with one attached hydrogen (secondary N) is 1. The fraction of sp³-hybridized carbons (Fsp3) is 0.444. The minimum absolute atomic E-state index is 0.0580. The summed E-state index contributed by atoms with van der Waals surface area (Å²) < 4.78 is 6.82. The van der Waals surface area contributed by atoms with Gasteiger partial charge in [0, 0.05) is 54.6 Å². The van der Waals surface area contributed by atoms with Crippen LogP contribution in [0.25, 0.3) is 0 Å². The summed E-state index contributed by atoms with van der Waals surface area (Å²) in [6.45, 7) is 14.9. The van der Waals surface area contributed by atoms with Gasteiger partial charge in [-0.3, -0.25) is 0 Å². The van der Waals surface area contributed by atoms with Crippen LogP contribution < -0.4 is 10.2 Å². The van der Waals surface area contributed by atoms with E-state index < -0.39 is 8.32 Å². The molecule has 0 unspecified atom stereocenters. The van der Waals surface area contributed by atoms with Crippen LogP contribution in [0.4, 0.5) is 11.5 Å². The van der Waals surface area contributed by atoms with Crippen LogP contribution in [0.2, 0.25) is 23.2 Å². The van der Waals surface area contributed by atoms with Gasteiger partial charge < -0.3 is 14.6 Å². The average Bonchev–Trinajstić information content (AvgIpc) is 2.86. The van der Waals surface area contributed by atoms with Gasteiger partial charge in [-0.15, -0.1) is 0 Å². The van der Waals surface area contributed by atoms with Crippen molar-refractivity contribution in [3.8, 4) is 6.07 Å². The van der Waals surface area contributed by atoms with Gasteiger partial charge in [0.25, 0.3) is 0 Å². The Bertz CT molecular complexity index is 1300. The number of anilines is 2. The van der Waals surface area contributed by atoms with Crippen molar-refractivity contribution in [2.75, 3.05) is 23.3 Å². The highest BCUT2D eigenvalue weighted by molar-refractivity contribution is 6.74. The van der Waals surface area contributed by atoms with Gasteiger partial charge in [0.2, 0.25) is 0 Å². The monoisotopic (exact) mass is 535 g/mol. The van der Waals surface area contributed by atoms with E-state index in [9.17, 15) is 5.26 Å². The lowest BCUT2D eigenvalue weighted by Gasteiger charge is -2.39. The normalized spacial score (nSPS) is 14.6. The molecule has 1 atom stereocenters. The zero-order valence-electron chi connectivity index (χ0n) is 22.3. The number of nitriles is 1. The third-order valence-corrected chi connectivity index (χ3v) is 12.0. The standard InChI is InChI=1S/C27H34ClN7OSi/c1-18-30-13-20(14-31-18)25(36-37(5,6)27(2,3)4)15-32-26-22-16-35(10-9-23(22)33-17-34-26)24-8-7-21(28)11-19(24)12-29/h7-8,11,13-14,17,25H,9-10,15-16H2,1-6H3,(H,32,33,34)/t25-/m1/s1. The summed E-state index contributed by atoms with van der Waals surface area (Å²) in [5.41, 5.74) is 4.40. The number of hydrogen-bond donors (Lipinski definition) is 1. The van der Waals surface area contributed by atoms with Crippen molar-refractivity contribution in [2.24, 2.45) is 0 Å². The predicted octanol–water partition coefficient (Wildman–Crippen LogP) is 5.84. The molecule has 37 heavy (non-hydrogen) atoms. The van der Waals surface area contributed by atoms with Crippen LogP contribution in [-0.4, -0.2) is 41.3 Å². The molecular formula is C27H34ClN7OSi. The van der Waals surface area contributed by atoms with E-state index >= 15 is 0 Å². The molecule has 10 heteroatoms. The molecule has 1 aromatic carbocycles. The number of hydrogen-bond acceptors (Lipinski definition) is 8. The Morgan fingerprint density at radius 3 is 2.59 bits per heavy atom. The Morgan fingerprint density at radius 2 is 1.92 bits per heavy atom. The molecule has 0 saturated heterocycles. The summed E-state index contributed by atoms with van der Waals surface area (Å²) in [7, 11) is -2.08. The number of fused-ring (bicyclic) bond motifs is 1. The third kappa shape index (κ3) is 6.09. The minimum atomic E-state index is -2.08. The van der Waals surface area contributed by atoms with Gasteiger partial charge >= 0.3 is 0 Å². The van der Waals surface area contributed by atoms with Crippen LogP contribution in [0.5, 0.6) is 0 Å². The van der Waals surface area contributed by atoms with E-state index in [1.165, 1.54) is 0 Å². The number of rotatable bonds is 7. The first kappa shape index (κ1) is 27.0. The summed E-state index contributed by atoms with van der Waals surface area (Å²) in [6.07, 6.45) is 5.84. The van der Waals surface area contributed by atoms with E-state index in [2.05, 4.69) is 70.1 Å². The van der Waals surface area contributed by atoms with Crippen LogP contribution in [0.15, 0.2) is 36.9 Å². The fourth-order valence-corrected chi connectivity index (χ4v) is 5.55. The number of nitrogens with zero attached hydrogens (tertiary/aromatic N) is 6. The summed E-state index contributed by atoms with van der Waals surface area (Å²) in [6, 6.07) is 7.70. The molecule has 0 bridgehead atoms. The molecule has 1 aliphatic heterocycles. The first-order chi connectivity index (χ1) is 17.5. The van der Waals surface area contributed by atoms with Crippen LogP contribution in [-0.2, 0) is 17.4 Å². The number of benzene rings is 1. The second kappa shape index (κ2) is 10.7. The van der Waals surface area contributed by atoms with Gasteiger partial charge in [-0.25, -0.2) is 19.9 Å². The van der Waals surface area contributed by atoms with E-state index in [0.717, 1.165) is 47.1 Å². The van der Waals surface area contributed by atoms with Crippen LogP contribution in [0.3, 0.4) is 0 Å². The fourth-order valence-electron chi connectivity index (χ4n) is 4.09. The van der Waals surface area contributed by atoms with Crippen LogP contribution in [0, 0.1) is 18.3 Å². The van der Waals surface area contributed by atoms with Gasteiger partial charge in [0.05, 0.1) is 23.0 Å². The minimum Gasteiger partial charge on any atom is -0.408 e. The van der Waals surface area contributed by atoms with Crippen molar-refractivity contribution in [1.82, 2.24) is 19.9 Å². The van der Waals surface area contributed by atoms with Gasteiger partial charge in [-0.2, -0.15) is 5.26 Å². The molecule has 0 radical (unpaired) electrons. The molecule has 0 fully saturated rings. The first-order valence-electron chi connectivity index (χ1n) is 12.5. The molecule has 0 amide bonds. The summed E-state index contributed by atoms with van der Waals surface area (Å²) in [5, 5.41) is 13.8. The Labute approximate surface area is 225 Å². The second-order valence-electron chi connectivity index (χ2n) is 10.9. The highest BCUT2D eigenvalue weighted by atomic mass is 35.5. The smallest absolute Gasteiger partial charge is 0.193 e. The highest BCUT2D eigenvalue weighted by Crippen LogP contribution is 2.40. The zero-order valence-corrected chi connectivity index (χ0v) is 24.1. The molecule has 0 saturated carbocycles. The molecule has 8 nitrogen and oxygen atoms in total. The number of halogens is 1. The maximum absolute atomic E-state index is 9.65. The lowest BCUT2D eigenvalue weighted by atomic mass is 10.0. The largest absolute Gasteiger partial charge is 0.408 e. The third-order valence-electron chi connectivity index (χ3n) is 7.29. The highest BCUT2D eigenvalue weighted by Gasteiger charge is 2.39. The van der Waals surface area contributed by atoms with Gasteiger partial charge in [0.1, 0.15) is 24.0 Å². The molecule has 1 N–H and O–H groups in total. The Morgan fingerprint density at radius 1 is 1.19 bits per heavy atom. The van der Waals surface area contributed by atoms with E-state index in [1.807, 2.05) is 31.5 Å². The lowest BCUT2D eigenvalue weighted by Crippen LogP contribution is -2.43. The van der Waals surface area contributed by atoms with E-state index in [4.69, 9.17) is 16.0 Å². The van der Waals surface area contributed by atoms with Gasteiger partial charge in [-0.05, 0) is 43.3 Å². The quantitative estimate of drug-likeness (QED) is 0.377. The molecular weight excluding hydrogens is 502 g/mol. The molecule has 4 rings (SSSR count). The van der Waals surface area contributed by atoms with Crippen molar-refractivity contribution < 1.29 is 4.43 Å². The molecule has 194 valence electrons. The number of aryl methyl sites for hydroxylation is 1. The molecule has 1 aliphatic rings. The SMILES string of the molecule is Cc1ncc([C@@H](CNc2ncnc3c2CN(c2ccc(Cl)cc2C#N)CC3)O[Si](C)(C)C(C)(C)C)cn1. The van der Waals surface area contributed by atoms with E-state index in [1.54, 1.807) is 12.4 Å². The molecule has 3 aromatic rings. The van der Waals surface area contributed by atoms with Crippen LogP contribution >= 0.6 is 11.6 Å². The van der Waals surface area contributed by atoms with E-state index in [-0.39, 0.29) is 11.1 Å². The summed E-state index contributed by atoms with van der Waals surface area (Å²) in [4.78, 5) is 20.1. The van der Waals surface area contributed by atoms with Crippen molar-refractivity contribution in [2.45, 2.75) is 64.9 Å².